The highest BCUT2D eigenvalue weighted by molar-refractivity contribution is 5.78. The van der Waals surface area contributed by atoms with Gasteiger partial charge in [0.05, 0.1) is 0 Å². The molecule has 4 heteroatoms. The van der Waals surface area contributed by atoms with Crippen molar-refractivity contribution in [2.45, 2.75) is 19.4 Å². The molecule has 0 aromatic carbocycles. The average Bonchev–Trinajstić information content (AvgIpc) is 2.07. The van der Waals surface area contributed by atoms with Crippen molar-refractivity contribution in [2.24, 2.45) is 10.9 Å². The first kappa shape index (κ1) is 10.9. The number of hydrogen-bond acceptors (Lipinski definition) is 3. The number of carbonyl (C=O) groups is 1. The smallest absolute Gasteiger partial charge is 0.325 e. The van der Waals surface area contributed by atoms with Gasteiger partial charge in [0.25, 0.3) is 0 Å². The molecule has 0 aliphatic carbocycles. The molecule has 0 spiro atoms. The fourth-order valence-electron chi connectivity index (χ4n) is 1.62. The van der Waals surface area contributed by atoms with Crippen LogP contribution >= 0.6 is 0 Å². The monoisotopic (exact) mass is 196 g/mol. The minimum absolute atomic E-state index is 0.260. The number of carboxylic acids is 1. The maximum Gasteiger partial charge on any atom is 0.325 e. The summed E-state index contributed by atoms with van der Waals surface area (Å²) in [5.41, 5.74) is 0.880. The minimum Gasteiger partial charge on any atom is -0.480 e. The average molecular weight is 196 g/mol. The van der Waals surface area contributed by atoms with Gasteiger partial charge in [-0.2, -0.15) is 0 Å². The molecule has 2 unspecified atom stereocenters. The summed E-state index contributed by atoms with van der Waals surface area (Å²) in [4.78, 5) is 16.8. The van der Waals surface area contributed by atoms with Crippen LogP contribution in [0.1, 0.15) is 13.3 Å². The Balaban J connectivity index is 2.92. The summed E-state index contributed by atoms with van der Waals surface area (Å²) < 4.78 is 0. The molecule has 0 bridgehead atoms. The van der Waals surface area contributed by atoms with Crippen LogP contribution in [-0.2, 0) is 4.79 Å². The standard InChI is InChI=1S/C10H16N2O2/c1-7-4-5-11-6-8(7)9(10(13)14)12(2)3/h5-7,9H,4H2,1-3H3,(H,13,14). The fourth-order valence-corrected chi connectivity index (χ4v) is 1.62. The van der Waals surface area contributed by atoms with Crippen molar-refractivity contribution < 1.29 is 9.90 Å². The third-order valence-corrected chi connectivity index (χ3v) is 2.42. The van der Waals surface area contributed by atoms with E-state index >= 15 is 0 Å². The van der Waals surface area contributed by atoms with Crippen molar-refractivity contribution in [1.29, 1.82) is 0 Å². The molecular formula is C10H16N2O2. The third kappa shape index (κ3) is 2.20. The van der Waals surface area contributed by atoms with Crippen LogP contribution in [0.25, 0.3) is 0 Å². The molecule has 0 amide bonds. The highest BCUT2D eigenvalue weighted by atomic mass is 16.4. The maximum absolute atomic E-state index is 11.1. The molecule has 1 aliphatic rings. The third-order valence-electron chi connectivity index (χ3n) is 2.42. The topological polar surface area (TPSA) is 52.9 Å². The molecule has 0 aromatic heterocycles. The molecule has 4 nitrogen and oxygen atoms in total. The summed E-state index contributed by atoms with van der Waals surface area (Å²) in [7, 11) is 3.54. The Morgan fingerprint density at radius 1 is 1.71 bits per heavy atom. The van der Waals surface area contributed by atoms with Crippen LogP contribution in [0, 0.1) is 5.92 Å². The zero-order chi connectivity index (χ0) is 10.7. The highest BCUT2D eigenvalue weighted by Crippen LogP contribution is 2.23. The zero-order valence-corrected chi connectivity index (χ0v) is 8.77. The SMILES string of the molecule is CC1CC=NC=C1C(C(=O)O)N(C)C. The minimum atomic E-state index is -0.815. The predicted molar refractivity (Wildman–Crippen MR) is 55.5 cm³/mol. The molecule has 1 rings (SSSR count). The van der Waals surface area contributed by atoms with Gasteiger partial charge in [0.1, 0.15) is 6.04 Å². The number of carboxylic acid groups (broad SMARTS) is 1. The maximum atomic E-state index is 11.1. The van der Waals surface area contributed by atoms with E-state index < -0.39 is 12.0 Å². The summed E-state index contributed by atoms with van der Waals surface area (Å²) in [5, 5.41) is 9.08. The van der Waals surface area contributed by atoms with Crippen molar-refractivity contribution in [3.63, 3.8) is 0 Å². The summed E-state index contributed by atoms with van der Waals surface area (Å²) >= 11 is 0. The van der Waals surface area contributed by atoms with E-state index in [1.54, 1.807) is 25.2 Å². The van der Waals surface area contributed by atoms with Crippen LogP contribution in [0.5, 0.6) is 0 Å². The van der Waals surface area contributed by atoms with E-state index in [9.17, 15) is 4.79 Å². The number of nitrogens with zero attached hydrogens (tertiary/aromatic N) is 2. The Kier molecular flexibility index (Phi) is 3.41. The van der Waals surface area contributed by atoms with Gasteiger partial charge in [0.15, 0.2) is 0 Å². The van der Waals surface area contributed by atoms with Gasteiger partial charge in [-0.25, -0.2) is 0 Å². The first-order valence-corrected chi connectivity index (χ1v) is 4.65. The van der Waals surface area contributed by atoms with E-state index in [-0.39, 0.29) is 5.92 Å². The molecule has 1 aliphatic heterocycles. The second kappa shape index (κ2) is 4.37. The molecule has 1 heterocycles. The highest BCUT2D eigenvalue weighted by Gasteiger charge is 2.28. The van der Waals surface area contributed by atoms with E-state index in [2.05, 4.69) is 4.99 Å². The van der Waals surface area contributed by atoms with Gasteiger partial charge in [-0.05, 0) is 32.0 Å². The Morgan fingerprint density at radius 2 is 2.36 bits per heavy atom. The number of rotatable bonds is 3. The van der Waals surface area contributed by atoms with Gasteiger partial charge in [0.2, 0.25) is 0 Å². The molecule has 0 saturated carbocycles. The van der Waals surface area contributed by atoms with E-state index in [0.717, 1.165) is 12.0 Å². The molecule has 1 N–H and O–H groups in total. The van der Waals surface area contributed by atoms with Crippen molar-refractivity contribution >= 4 is 12.2 Å². The van der Waals surface area contributed by atoms with Gasteiger partial charge in [-0.3, -0.25) is 14.7 Å². The van der Waals surface area contributed by atoms with E-state index in [0.29, 0.717) is 0 Å². The number of aliphatic carboxylic acids is 1. The Labute approximate surface area is 83.9 Å². The van der Waals surface area contributed by atoms with E-state index in [1.165, 1.54) is 0 Å². The molecule has 78 valence electrons. The molecule has 14 heavy (non-hydrogen) atoms. The van der Waals surface area contributed by atoms with Crippen LogP contribution in [-0.4, -0.2) is 42.3 Å². The van der Waals surface area contributed by atoms with Crippen molar-refractivity contribution in [3.05, 3.63) is 11.8 Å². The van der Waals surface area contributed by atoms with E-state index in [4.69, 9.17) is 5.11 Å². The molecule has 0 aromatic rings. The second-order valence-corrected chi connectivity index (χ2v) is 3.80. The summed E-state index contributed by atoms with van der Waals surface area (Å²) in [5.74, 6) is -0.554. The van der Waals surface area contributed by atoms with Crippen molar-refractivity contribution in [2.75, 3.05) is 14.1 Å². The predicted octanol–water partition coefficient (Wildman–Crippen LogP) is 0.996. The molecule has 0 radical (unpaired) electrons. The summed E-state index contributed by atoms with van der Waals surface area (Å²) in [6.45, 7) is 2.02. The van der Waals surface area contributed by atoms with Gasteiger partial charge in [-0.1, -0.05) is 6.92 Å². The van der Waals surface area contributed by atoms with E-state index in [1.807, 2.05) is 13.1 Å². The number of hydrogen-bond donors (Lipinski definition) is 1. The van der Waals surface area contributed by atoms with Crippen LogP contribution < -0.4 is 0 Å². The summed E-state index contributed by atoms with van der Waals surface area (Å²) in [6, 6.07) is -0.553. The summed E-state index contributed by atoms with van der Waals surface area (Å²) in [6.07, 6.45) is 4.32. The first-order chi connectivity index (χ1) is 6.54. The van der Waals surface area contributed by atoms with Gasteiger partial charge in [-0.15, -0.1) is 0 Å². The lowest BCUT2D eigenvalue weighted by atomic mass is 9.91. The molecule has 0 fully saturated rings. The van der Waals surface area contributed by atoms with Crippen molar-refractivity contribution in [3.8, 4) is 0 Å². The Morgan fingerprint density at radius 3 is 2.79 bits per heavy atom. The molecule has 2 atom stereocenters. The number of likely N-dealkylation sites (N-methyl/N-ethyl adjacent to an activating group) is 1. The lowest BCUT2D eigenvalue weighted by Crippen LogP contribution is -2.39. The molecule has 0 saturated heterocycles. The Bertz CT molecular complexity index is 282. The lowest BCUT2D eigenvalue weighted by Gasteiger charge is -2.27. The van der Waals surface area contributed by atoms with Gasteiger partial charge < -0.3 is 5.11 Å². The normalized spacial score (nSPS) is 23.4. The second-order valence-electron chi connectivity index (χ2n) is 3.80. The fraction of sp³-hybridized carbons (Fsp3) is 0.600. The quantitative estimate of drug-likeness (QED) is 0.732. The Hall–Kier alpha value is -1.16. The van der Waals surface area contributed by atoms with Crippen LogP contribution in [0.2, 0.25) is 0 Å². The van der Waals surface area contributed by atoms with Gasteiger partial charge >= 0.3 is 5.97 Å². The lowest BCUT2D eigenvalue weighted by molar-refractivity contribution is -0.141. The molecular weight excluding hydrogens is 180 g/mol. The van der Waals surface area contributed by atoms with Crippen LogP contribution in [0.3, 0.4) is 0 Å². The van der Waals surface area contributed by atoms with Crippen LogP contribution in [0.4, 0.5) is 0 Å². The van der Waals surface area contributed by atoms with Gasteiger partial charge in [0, 0.05) is 12.4 Å². The van der Waals surface area contributed by atoms with Crippen LogP contribution in [0.15, 0.2) is 16.8 Å². The first-order valence-electron chi connectivity index (χ1n) is 4.65. The largest absolute Gasteiger partial charge is 0.480 e. The number of aliphatic imine (C=N–C) groups is 1. The zero-order valence-electron chi connectivity index (χ0n) is 8.77. The van der Waals surface area contributed by atoms with Crippen molar-refractivity contribution in [1.82, 2.24) is 4.90 Å².